The molecule has 0 spiro atoms. The summed E-state index contributed by atoms with van der Waals surface area (Å²) in [6.45, 7) is 1.46. The molecule has 1 amide bonds. The summed E-state index contributed by atoms with van der Waals surface area (Å²) >= 11 is 0. The normalized spacial score (nSPS) is 20.3. The molecule has 1 aromatic carbocycles. The highest BCUT2D eigenvalue weighted by molar-refractivity contribution is 7.91. The average molecular weight is 365 g/mol. The maximum atomic E-state index is 12.4. The van der Waals surface area contributed by atoms with E-state index in [0.717, 1.165) is 5.39 Å². The number of rotatable bonds is 4. The van der Waals surface area contributed by atoms with Gasteiger partial charge in [-0.05, 0) is 25.5 Å². The number of hydrogen-bond donors (Lipinski definition) is 0. The average Bonchev–Trinajstić information content (AvgIpc) is 3.16. The molecule has 0 N–H and O–H groups in total. The maximum Gasteiger partial charge on any atom is 0.375 e. The van der Waals surface area contributed by atoms with Gasteiger partial charge in [-0.3, -0.25) is 4.79 Å². The maximum absolute atomic E-state index is 12.4. The molecule has 0 saturated carbocycles. The Bertz CT molecular complexity index is 883. The molecule has 2 aromatic rings. The van der Waals surface area contributed by atoms with Gasteiger partial charge in [0, 0.05) is 18.5 Å². The Labute approximate surface area is 145 Å². The van der Waals surface area contributed by atoms with Gasteiger partial charge in [0.1, 0.15) is 5.58 Å². The zero-order valence-electron chi connectivity index (χ0n) is 14.0. The number of hydrogen-bond acceptors (Lipinski definition) is 6. The van der Waals surface area contributed by atoms with Crippen molar-refractivity contribution in [2.75, 3.05) is 18.6 Å². The third-order valence-corrected chi connectivity index (χ3v) is 6.11. The molecule has 1 saturated heterocycles. The van der Waals surface area contributed by atoms with Crippen molar-refractivity contribution in [3.05, 3.63) is 36.1 Å². The third-order valence-electron chi connectivity index (χ3n) is 4.36. The van der Waals surface area contributed by atoms with Crippen molar-refractivity contribution < 1.29 is 27.2 Å². The second-order valence-electron chi connectivity index (χ2n) is 6.20. The lowest BCUT2D eigenvalue weighted by atomic mass is 10.2. The van der Waals surface area contributed by atoms with Crippen LogP contribution >= 0.6 is 0 Å². The van der Waals surface area contributed by atoms with Gasteiger partial charge >= 0.3 is 5.97 Å². The summed E-state index contributed by atoms with van der Waals surface area (Å²) in [4.78, 5) is 25.9. The summed E-state index contributed by atoms with van der Waals surface area (Å²) in [5.74, 6) is -1.13. The van der Waals surface area contributed by atoms with E-state index in [2.05, 4.69) is 0 Å². The van der Waals surface area contributed by atoms with Crippen LogP contribution < -0.4 is 0 Å². The number of likely N-dealkylation sites (N-methyl/N-ethyl adjacent to an activating group) is 1. The van der Waals surface area contributed by atoms with Crippen LogP contribution in [0.25, 0.3) is 11.0 Å². The number of nitrogens with zero attached hydrogens (tertiary/aromatic N) is 1. The minimum Gasteiger partial charge on any atom is -0.449 e. The summed E-state index contributed by atoms with van der Waals surface area (Å²) in [7, 11) is -1.57. The van der Waals surface area contributed by atoms with E-state index in [9.17, 15) is 18.0 Å². The number of amides is 1. The number of benzene rings is 1. The quantitative estimate of drug-likeness (QED) is 0.765. The first-order chi connectivity index (χ1) is 11.8. The molecule has 8 heteroatoms. The van der Waals surface area contributed by atoms with Crippen molar-refractivity contribution in [2.24, 2.45) is 0 Å². The lowest BCUT2D eigenvalue weighted by molar-refractivity contribution is -0.140. The topological polar surface area (TPSA) is 93.9 Å². The number of ether oxygens (including phenoxy) is 1. The Balaban J connectivity index is 1.65. The van der Waals surface area contributed by atoms with E-state index in [1.807, 2.05) is 6.07 Å². The minimum atomic E-state index is -3.10. The van der Waals surface area contributed by atoms with Gasteiger partial charge in [-0.1, -0.05) is 18.2 Å². The fraction of sp³-hybridized carbons (Fsp3) is 0.412. The monoisotopic (exact) mass is 365 g/mol. The molecule has 25 heavy (non-hydrogen) atoms. The van der Waals surface area contributed by atoms with Crippen molar-refractivity contribution in [2.45, 2.75) is 25.5 Å². The summed E-state index contributed by atoms with van der Waals surface area (Å²) in [6, 6.07) is 8.32. The highest BCUT2D eigenvalue weighted by Gasteiger charge is 2.35. The fourth-order valence-electron chi connectivity index (χ4n) is 2.90. The summed E-state index contributed by atoms with van der Waals surface area (Å²) in [5, 5.41) is 0.765. The van der Waals surface area contributed by atoms with E-state index >= 15 is 0 Å². The molecule has 2 heterocycles. The summed E-state index contributed by atoms with van der Waals surface area (Å²) in [6.07, 6.45) is -0.636. The molecule has 2 atom stereocenters. The number of carbonyl (C=O) groups is 2. The van der Waals surface area contributed by atoms with Gasteiger partial charge in [-0.2, -0.15) is 0 Å². The largest absolute Gasteiger partial charge is 0.449 e. The molecular weight excluding hydrogens is 346 g/mol. The minimum absolute atomic E-state index is 0.0203. The highest BCUT2D eigenvalue weighted by Crippen LogP contribution is 2.21. The van der Waals surface area contributed by atoms with Crippen LogP contribution in [0.1, 0.15) is 23.9 Å². The van der Waals surface area contributed by atoms with E-state index in [0.29, 0.717) is 12.0 Å². The zero-order chi connectivity index (χ0) is 18.2. The van der Waals surface area contributed by atoms with E-state index in [-0.39, 0.29) is 23.3 Å². The van der Waals surface area contributed by atoms with Crippen LogP contribution in [-0.2, 0) is 19.4 Å². The van der Waals surface area contributed by atoms with Gasteiger partial charge in [0.05, 0.1) is 11.5 Å². The van der Waals surface area contributed by atoms with E-state index in [4.69, 9.17) is 9.15 Å². The Kier molecular flexibility index (Phi) is 4.55. The molecule has 7 nitrogen and oxygen atoms in total. The molecule has 0 unspecified atom stereocenters. The van der Waals surface area contributed by atoms with Crippen LogP contribution in [0.4, 0.5) is 0 Å². The first-order valence-electron chi connectivity index (χ1n) is 7.93. The van der Waals surface area contributed by atoms with Crippen LogP contribution in [0.5, 0.6) is 0 Å². The smallest absolute Gasteiger partial charge is 0.375 e. The van der Waals surface area contributed by atoms with Crippen LogP contribution in [0.2, 0.25) is 0 Å². The first-order valence-corrected chi connectivity index (χ1v) is 9.75. The number of fused-ring (bicyclic) bond motifs is 1. The molecule has 1 aliphatic heterocycles. The zero-order valence-corrected chi connectivity index (χ0v) is 14.8. The molecule has 134 valence electrons. The first kappa shape index (κ1) is 17.5. The predicted octanol–water partition coefficient (Wildman–Crippen LogP) is 1.62. The number of sulfone groups is 1. The Hall–Kier alpha value is -2.35. The van der Waals surface area contributed by atoms with Crippen molar-refractivity contribution in [1.82, 2.24) is 4.90 Å². The molecule has 1 fully saturated rings. The van der Waals surface area contributed by atoms with E-state index in [1.165, 1.54) is 18.9 Å². The Morgan fingerprint density at radius 3 is 2.68 bits per heavy atom. The molecule has 1 aliphatic rings. The second-order valence-corrected chi connectivity index (χ2v) is 8.43. The number of para-hydroxylation sites is 1. The van der Waals surface area contributed by atoms with Gasteiger partial charge < -0.3 is 14.1 Å². The second kappa shape index (κ2) is 6.51. The summed E-state index contributed by atoms with van der Waals surface area (Å²) in [5.41, 5.74) is 0.557. The lowest BCUT2D eigenvalue weighted by Gasteiger charge is -2.26. The SMILES string of the molecule is C[C@H](OC(=O)c1cc2ccccc2o1)C(=O)N(C)[C@H]1CCS(=O)(=O)C1. The molecule has 3 rings (SSSR count). The Morgan fingerprint density at radius 2 is 2.04 bits per heavy atom. The van der Waals surface area contributed by atoms with Gasteiger partial charge in [0.2, 0.25) is 5.76 Å². The van der Waals surface area contributed by atoms with Gasteiger partial charge in [0.15, 0.2) is 15.9 Å². The lowest BCUT2D eigenvalue weighted by Crippen LogP contribution is -2.44. The number of carbonyl (C=O) groups excluding carboxylic acids is 2. The predicted molar refractivity (Wildman–Crippen MR) is 90.9 cm³/mol. The molecule has 0 bridgehead atoms. The standard InChI is InChI=1S/C17H19NO6S/c1-11(16(19)18(2)13-7-8-25(21,22)10-13)23-17(20)15-9-12-5-3-4-6-14(12)24-15/h3-6,9,11,13H,7-8,10H2,1-2H3/t11-,13-/m0/s1. The van der Waals surface area contributed by atoms with E-state index in [1.54, 1.807) is 24.3 Å². The van der Waals surface area contributed by atoms with Crippen molar-refractivity contribution in [3.63, 3.8) is 0 Å². The molecular formula is C17H19NO6S. The van der Waals surface area contributed by atoms with Gasteiger partial charge in [-0.15, -0.1) is 0 Å². The number of furan rings is 1. The van der Waals surface area contributed by atoms with Crippen LogP contribution in [0.15, 0.2) is 34.7 Å². The molecule has 1 aromatic heterocycles. The third kappa shape index (κ3) is 3.68. The van der Waals surface area contributed by atoms with Crippen LogP contribution in [-0.4, -0.2) is 55.9 Å². The van der Waals surface area contributed by atoms with Crippen molar-refractivity contribution >= 4 is 32.7 Å². The van der Waals surface area contributed by atoms with Crippen molar-refractivity contribution in [1.29, 1.82) is 0 Å². The van der Waals surface area contributed by atoms with Crippen molar-refractivity contribution in [3.8, 4) is 0 Å². The van der Waals surface area contributed by atoms with Crippen LogP contribution in [0.3, 0.4) is 0 Å². The fourth-order valence-corrected chi connectivity index (χ4v) is 4.67. The van der Waals surface area contributed by atoms with Gasteiger partial charge in [0.25, 0.3) is 5.91 Å². The number of esters is 1. The Morgan fingerprint density at radius 1 is 1.32 bits per heavy atom. The highest BCUT2D eigenvalue weighted by atomic mass is 32.2. The van der Waals surface area contributed by atoms with E-state index < -0.39 is 27.8 Å². The molecule has 0 aliphatic carbocycles. The van der Waals surface area contributed by atoms with Gasteiger partial charge in [-0.25, -0.2) is 13.2 Å². The van der Waals surface area contributed by atoms with Crippen LogP contribution in [0, 0.1) is 0 Å². The molecule has 0 radical (unpaired) electrons. The summed E-state index contributed by atoms with van der Waals surface area (Å²) < 4.78 is 33.7.